The molecule has 0 aliphatic heterocycles. The minimum absolute atomic E-state index is 0.740. The smallest absolute Gasteiger partial charge is 0.184 e. The highest BCUT2D eigenvalue weighted by molar-refractivity contribution is 7.19. The number of thiazole rings is 1. The Morgan fingerprint density at radius 2 is 2.47 bits per heavy atom. The molecule has 0 saturated heterocycles. The van der Waals surface area contributed by atoms with E-state index in [4.69, 9.17) is 5.73 Å². The number of aromatic nitrogens is 3. The van der Waals surface area contributed by atoms with E-state index in [-0.39, 0.29) is 0 Å². The van der Waals surface area contributed by atoms with Gasteiger partial charge in [0.25, 0.3) is 0 Å². The van der Waals surface area contributed by atoms with Crippen LogP contribution in [0.15, 0.2) is 24.7 Å². The summed E-state index contributed by atoms with van der Waals surface area (Å²) in [5, 5.41) is 8.96. The van der Waals surface area contributed by atoms with Gasteiger partial charge in [0.2, 0.25) is 0 Å². The van der Waals surface area contributed by atoms with Gasteiger partial charge in [0.15, 0.2) is 5.13 Å². The SMILES string of the molecule is Nc1cnc(NCCCn2cccn2)s1. The van der Waals surface area contributed by atoms with Gasteiger partial charge in [0.1, 0.15) is 5.00 Å². The van der Waals surface area contributed by atoms with Crippen molar-refractivity contribution < 1.29 is 0 Å². The number of nitrogens with one attached hydrogen (secondary N) is 1. The third-order valence-corrected chi connectivity index (χ3v) is 2.71. The van der Waals surface area contributed by atoms with Crippen molar-refractivity contribution in [2.75, 3.05) is 17.6 Å². The number of nitrogens with zero attached hydrogens (tertiary/aromatic N) is 3. The Labute approximate surface area is 91.9 Å². The van der Waals surface area contributed by atoms with Gasteiger partial charge in [0, 0.05) is 25.5 Å². The van der Waals surface area contributed by atoms with Gasteiger partial charge in [-0.25, -0.2) is 4.98 Å². The van der Waals surface area contributed by atoms with Crippen molar-refractivity contribution in [1.29, 1.82) is 0 Å². The summed E-state index contributed by atoms with van der Waals surface area (Å²) in [6.07, 6.45) is 6.43. The maximum atomic E-state index is 5.56. The molecule has 0 bridgehead atoms. The van der Waals surface area contributed by atoms with Gasteiger partial charge in [-0.2, -0.15) is 5.10 Å². The van der Waals surface area contributed by atoms with Gasteiger partial charge in [0.05, 0.1) is 6.20 Å². The van der Waals surface area contributed by atoms with Crippen LogP contribution in [0.2, 0.25) is 0 Å². The molecule has 0 spiro atoms. The first kappa shape index (κ1) is 9.97. The molecule has 2 rings (SSSR count). The summed E-state index contributed by atoms with van der Waals surface area (Å²) in [7, 11) is 0. The maximum absolute atomic E-state index is 5.56. The van der Waals surface area contributed by atoms with Gasteiger partial charge in [-0.15, -0.1) is 0 Å². The van der Waals surface area contributed by atoms with E-state index in [0.29, 0.717) is 0 Å². The molecule has 0 fully saturated rings. The minimum Gasteiger partial charge on any atom is -0.389 e. The second kappa shape index (κ2) is 4.79. The Kier molecular flexibility index (Phi) is 3.18. The topological polar surface area (TPSA) is 68.8 Å². The zero-order valence-electron chi connectivity index (χ0n) is 8.26. The molecule has 0 aliphatic carbocycles. The van der Waals surface area contributed by atoms with Crippen LogP contribution in [0.1, 0.15) is 6.42 Å². The van der Waals surface area contributed by atoms with Crippen LogP contribution in [0.3, 0.4) is 0 Å². The summed E-state index contributed by atoms with van der Waals surface area (Å²) in [5.41, 5.74) is 5.56. The Hall–Kier alpha value is -1.56. The first-order valence-electron chi connectivity index (χ1n) is 4.77. The third-order valence-electron chi connectivity index (χ3n) is 1.92. The Morgan fingerprint density at radius 3 is 3.13 bits per heavy atom. The molecule has 80 valence electrons. The molecule has 0 saturated carbocycles. The Balaban J connectivity index is 1.67. The quantitative estimate of drug-likeness (QED) is 0.752. The minimum atomic E-state index is 0.740. The van der Waals surface area contributed by atoms with Crippen LogP contribution in [0.5, 0.6) is 0 Å². The van der Waals surface area contributed by atoms with Crippen molar-refractivity contribution in [1.82, 2.24) is 14.8 Å². The molecule has 0 amide bonds. The van der Waals surface area contributed by atoms with Crippen molar-refractivity contribution in [2.45, 2.75) is 13.0 Å². The van der Waals surface area contributed by atoms with Gasteiger partial charge in [-0.05, 0) is 12.5 Å². The molecule has 2 heterocycles. The Bertz CT molecular complexity index is 394. The number of nitrogen functional groups attached to an aromatic ring is 1. The highest BCUT2D eigenvalue weighted by Gasteiger charge is 1.97. The molecular formula is C9H13N5S. The first-order valence-corrected chi connectivity index (χ1v) is 5.59. The van der Waals surface area contributed by atoms with Gasteiger partial charge in [-0.3, -0.25) is 4.68 Å². The van der Waals surface area contributed by atoms with Crippen LogP contribution >= 0.6 is 11.3 Å². The summed E-state index contributed by atoms with van der Waals surface area (Å²) in [4.78, 5) is 4.11. The lowest BCUT2D eigenvalue weighted by Gasteiger charge is -2.02. The van der Waals surface area contributed by atoms with Crippen molar-refractivity contribution in [3.05, 3.63) is 24.7 Å². The van der Waals surface area contributed by atoms with Crippen LogP contribution in [-0.4, -0.2) is 21.3 Å². The van der Waals surface area contributed by atoms with E-state index in [9.17, 15) is 0 Å². The van der Waals surface area contributed by atoms with Gasteiger partial charge in [-0.1, -0.05) is 11.3 Å². The highest BCUT2D eigenvalue weighted by atomic mass is 32.1. The van der Waals surface area contributed by atoms with Crippen LogP contribution in [-0.2, 0) is 6.54 Å². The fourth-order valence-corrected chi connectivity index (χ4v) is 1.85. The summed E-state index contributed by atoms with van der Waals surface area (Å²) >= 11 is 1.47. The average Bonchev–Trinajstić information content (AvgIpc) is 2.84. The Morgan fingerprint density at radius 1 is 1.53 bits per heavy atom. The summed E-state index contributed by atoms with van der Waals surface area (Å²) in [6.45, 7) is 1.80. The molecule has 0 aromatic carbocycles. The summed E-state index contributed by atoms with van der Waals surface area (Å²) in [5.74, 6) is 0. The van der Waals surface area contributed by atoms with Crippen molar-refractivity contribution >= 4 is 21.5 Å². The lowest BCUT2D eigenvalue weighted by molar-refractivity contribution is 0.592. The van der Waals surface area contributed by atoms with Crippen molar-refractivity contribution in [3.63, 3.8) is 0 Å². The predicted octanol–water partition coefficient (Wildman–Crippen LogP) is 1.42. The number of anilines is 2. The van der Waals surface area contributed by atoms with Crippen LogP contribution in [0.25, 0.3) is 0 Å². The summed E-state index contributed by atoms with van der Waals surface area (Å²) < 4.78 is 1.91. The zero-order chi connectivity index (χ0) is 10.5. The predicted molar refractivity (Wildman–Crippen MR) is 61.9 cm³/mol. The van der Waals surface area contributed by atoms with Crippen molar-refractivity contribution in [2.24, 2.45) is 0 Å². The van der Waals surface area contributed by atoms with Crippen LogP contribution < -0.4 is 11.1 Å². The molecule has 15 heavy (non-hydrogen) atoms. The monoisotopic (exact) mass is 223 g/mol. The standard InChI is InChI=1S/C9H13N5S/c10-8-7-12-9(15-8)11-3-1-5-14-6-2-4-13-14/h2,4,6-7H,1,3,5,10H2,(H,11,12). The molecule has 0 radical (unpaired) electrons. The maximum Gasteiger partial charge on any atom is 0.184 e. The van der Waals surface area contributed by atoms with E-state index in [1.54, 1.807) is 12.4 Å². The van der Waals surface area contributed by atoms with Gasteiger partial charge < -0.3 is 11.1 Å². The fraction of sp³-hybridized carbons (Fsp3) is 0.333. The summed E-state index contributed by atoms with van der Waals surface area (Å²) in [6, 6.07) is 1.93. The molecule has 0 atom stereocenters. The van der Waals surface area contributed by atoms with E-state index in [1.807, 2.05) is 16.9 Å². The lowest BCUT2D eigenvalue weighted by Crippen LogP contribution is -2.06. The molecule has 3 N–H and O–H groups in total. The fourth-order valence-electron chi connectivity index (χ4n) is 1.24. The van der Waals surface area contributed by atoms with E-state index in [2.05, 4.69) is 15.4 Å². The van der Waals surface area contributed by atoms with E-state index in [1.165, 1.54) is 11.3 Å². The number of hydrogen-bond acceptors (Lipinski definition) is 5. The molecule has 2 aromatic rings. The van der Waals surface area contributed by atoms with E-state index >= 15 is 0 Å². The largest absolute Gasteiger partial charge is 0.389 e. The highest BCUT2D eigenvalue weighted by Crippen LogP contribution is 2.19. The van der Waals surface area contributed by atoms with E-state index in [0.717, 1.165) is 29.6 Å². The normalized spacial score (nSPS) is 10.4. The third kappa shape index (κ3) is 2.95. The van der Waals surface area contributed by atoms with Crippen LogP contribution in [0, 0.1) is 0 Å². The average molecular weight is 223 g/mol. The number of hydrogen-bond donors (Lipinski definition) is 2. The molecule has 6 heteroatoms. The van der Waals surface area contributed by atoms with Gasteiger partial charge >= 0.3 is 0 Å². The molecule has 2 aromatic heterocycles. The number of rotatable bonds is 5. The second-order valence-corrected chi connectivity index (χ2v) is 4.18. The lowest BCUT2D eigenvalue weighted by atomic mass is 10.4. The van der Waals surface area contributed by atoms with Crippen LogP contribution in [0.4, 0.5) is 10.1 Å². The van der Waals surface area contributed by atoms with E-state index < -0.39 is 0 Å². The number of aryl methyl sites for hydroxylation is 1. The van der Waals surface area contributed by atoms with Crippen molar-refractivity contribution in [3.8, 4) is 0 Å². The molecule has 0 unspecified atom stereocenters. The molecular weight excluding hydrogens is 210 g/mol. The molecule has 5 nitrogen and oxygen atoms in total. The molecule has 0 aliphatic rings. The zero-order valence-corrected chi connectivity index (χ0v) is 9.07. The second-order valence-electron chi connectivity index (χ2n) is 3.12. The number of nitrogens with two attached hydrogens (primary N) is 1. The first-order chi connectivity index (χ1) is 7.34.